The lowest BCUT2D eigenvalue weighted by Crippen LogP contribution is -2.39. The molecule has 1 amide bonds. The van der Waals surface area contributed by atoms with Gasteiger partial charge in [0.25, 0.3) is 5.69 Å². The van der Waals surface area contributed by atoms with Gasteiger partial charge in [0.15, 0.2) is 0 Å². The predicted octanol–water partition coefficient (Wildman–Crippen LogP) is 3.59. The van der Waals surface area contributed by atoms with Gasteiger partial charge in [-0.1, -0.05) is 23.8 Å². The van der Waals surface area contributed by atoms with E-state index in [0.717, 1.165) is 16.9 Å². The van der Waals surface area contributed by atoms with Gasteiger partial charge in [0, 0.05) is 29.4 Å². The first-order valence-electron chi connectivity index (χ1n) is 8.27. The molecular formula is C19H23N3O4. The maximum atomic E-state index is 12.4. The molecule has 0 fully saturated rings. The van der Waals surface area contributed by atoms with Gasteiger partial charge in [-0.2, -0.15) is 0 Å². The van der Waals surface area contributed by atoms with Gasteiger partial charge >= 0.3 is 0 Å². The normalized spacial score (nSPS) is 12.9. The van der Waals surface area contributed by atoms with Gasteiger partial charge in [0.05, 0.1) is 18.1 Å². The van der Waals surface area contributed by atoms with E-state index in [1.807, 2.05) is 32.0 Å². The number of carbonyl (C=O) groups is 1. The maximum absolute atomic E-state index is 12.4. The summed E-state index contributed by atoms with van der Waals surface area (Å²) in [5.41, 5.74) is 2.38. The molecule has 2 rings (SSSR count). The topological polar surface area (TPSA) is 93.5 Å². The number of aryl methyl sites for hydroxylation is 1. The minimum atomic E-state index is -0.505. The standard InChI is InChI=1S/C19H23N3O4/c1-12-8-9-18(26-4)17(10-12)13(2)20-14(3)19(23)21-15-6-5-7-16(11-15)22(24)25/h5-11,13-14,20H,1-4H3,(H,21,23)/t13-,14-/m1/s1. The molecule has 7 nitrogen and oxygen atoms in total. The number of nitrogens with zero attached hydrogens (tertiary/aromatic N) is 1. The first-order valence-corrected chi connectivity index (χ1v) is 8.27. The summed E-state index contributed by atoms with van der Waals surface area (Å²) in [7, 11) is 1.61. The number of benzene rings is 2. The van der Waals surface area contributed by atoms with Crippen LogP contribution in [-0.4, -0.2) is 24.0 Å². The third kappa shape index (κ3) is 4.80. The van der Waals surface area contributed by atoms with Crippen LogP contribution >= 0.6 is 0 Å². The second-order valence-corrected chi connectivity index (χ2v) is 6.15. The van der Waals surface area contributed by atoms with Crippen molar-refractivity contribution in [2.45, 2.75) is 32.9 Å². The van der Waals surface area contributed by atoms with E-state index < -0.39 is 11.0 Å². The van der Waals surface area contributed by atoms with Crippen LogP contribution in [-0.2, 0) is 4.79 Å². The van der Waals surface area contributed by atoms with E-state index in [1.54, 1.807) is 20.1 Å². The third-order valence-corrected chi connectivity index (χ3v) is 4.07. The summed E-state index contributed by atoms with van der Waals surface area (Å²) in [6.45, 7) is 5.69. The van der Waals surface area contributed by atoms with Crippen molar-refractivity contribution < 1.29 is 14.5 Å². The fourth-order valence-corrected chi connectivity index (χ4v) is 2.68. The van der Waals surface area contributed by atoms with Crippen molar-refractivity contribution in [1.29, 1.82) is 0 Å². The highest BCUT2D eigenvalue weighted by molar-refractivity contribution is 5.94. The quantitative estimate of drug-likeness (QED) is 0.583. The number of amides is 1. The summed E-state index contributed by atoms with van der Waals surface area (Å²) in [5, 5.41) is 16.8. The number of nitrogens with one attached hydrogen (secondary N) is 2. The Kier molecular flexibility index (Phi) is 6.30. The zero-order valence-corrected chi connectivity index (χ0v) is 15.3. The monoisotopic (exact) mass is 357 g/mol. The highest BCUT2D eigenvalue weighted by Gasteiger charge is 2.19. The Morgan fingerprint density at radius 1 is 1.19 bits per heavy atom. The molecule has 2 aromatic rings. The van der Waals surface area contributed by atoms with E-state index in [4.69, 9.17) is 4.74 Å². The van der Waals surface area contributed by atoms with Crippen LogP contribution in [0.3, 0.4) is 0 Å². The van der Waals surface area contributed by atoms with Crippen molar-refractivity contribution in [2.24, 2.45) is 0 Å². The molecular weight excluding hydrogens is 334 g/mol. The number of nitro benzene ring substituents is 1. The Labute approximate surface area is 152 Å². The van der Waals surface area contributed by atoms with E-state index in [9.17, 15) is 14.9 Å². The molecule has 138 valence electrons. The lowest BCUT2D eigenvalue weighted by Gasteiger charge is -2.22. The van der Waals surface area contributed by atoms with Crippen LogP contribution in [0.1, 0.15) is 31.0 Å². The summed E-state index contributed by atoms with van der Waals surface area (Å²) in [5.74, 6) is 0.478. The second-order valence-electron chi connectivity index (χ2n) is 6.15. The lowest BCUT2D eigenvalue weighted by molar-refractivity contribution is -0.384. The van der Waals surface area contributed by atoms with Gasteiger partial charge in [0.2, 0.25) is 5.91 Å². The average molecular weight is 357 g/mol. The van der Waals surface area contributed by atoms with Crippen molar-refractivity contribution in [3.63, 3.8) is 0 Å². The first kappa shape index (κ1) is 19.4. The highest BCUT2D eigenvalue weighted by Crippen LogP contribution is 2.26. The Morgan fingerprint density at radius 3 is 2.58 bits per heavy atom. The minimum absolute atomic E-state index is 0.0683. The van der Waals surface area contributed by atoms with Crippen molar-refractivity contribution in [2.75, 3.05) is 12.4 Å². The molecule has 0 aliphatic heterocycles. The smallest absolute Gasteiger partial charge is 0.271 e. The van der Waals surface area contributed by atoms with Gasteiger partial charge in [-0.05, 0) is 32.9 Å². The molecule has 2 aromatic carbocycles. The van der Waals surface area contributed by atoms with Gasteiger partial charge in [-0.15, -0.1) is 0 Å². The van der Waals surface area contributed by atoms with Crippen molar-refractivity contribution in [1.82, 2.24) is 5.32 Å². The molecule has 2 atom stereocenters. The predicted molar refractivity (Wildman–Crippen MR) is 100 cm³/mol. The number of rotatable bonds is 7. The molecule has 26 heavy (non-hydrogen) atoms. The average Bonchev–Trinajstić information content (AvgIpc) is 2.61. The first-order chi connectivity index (χ1) is 12.3. The summed E-state index contributed by atoms with van der Waals surface area (Å²) >= 11 is 0. The van der Waals surface area contributed by atoms with Crippen molar-refractivity contribution >= 4 is 17.3 Å². The molecule has 0 bridgehead atoms. The van der Waals surface area contributed by atoms with Crippen LogP contribution < -0.4 is 15.4 Å². The number of methoxy groups -OCH3 is 1. The Balaban J connectivity index is 2.06. The fourth-order valence-electron chi connectivity index (χ4n) is 2.68. The third-order valence-electron chi connectivity index (χ3n) is 4.07. The van der Waals surface area contributed by atoms with Gasteiger partial charge in [-0.3, -0.25) is 20.2 Å². The number of hydrogen-bond acceptors (Lipinski definition) is 5. The SMILES string of the molecule is COc1ccc(C)cc1[C@@H](C)N[C@H](C)C(=O)Nc1cccc([N+](=O)[O-])c1. The number of anilines is 1. The van der Waals surface area contributed by atoms with Crippen molar-refractivity contribution in [3.8, 4) is 5.75 Å². The van der Waals surface area contributed by atoms with E-state index in [2.05, 4.69) is 10.6 Å². The zero-order valence-electron chi connectivity index (χ0n) is 15.3. The number of hydrogen-bond donors (Lipinski definition) is 2. The molecule has 0 heterocycles. The zero-order chi connectivity index (χ0) is 19.3. The van der Waals surface area contributed by atoms with Crippen LogP contribution in [0.2, 0.25) is 0 Å². The number of nitro groups is 1. The van der Waals surface area contributed by atoms with Crippen LogP contribution in [0.5, 0.6) is 5.75 Å². The van der Waals surface area contributed by atoms with Gasteiger partial charge < -0.3 is 10.1 Å². The Morgan fingerprint density at radius 2 is 1.92 bits per heavy atom. The Hall–Kier alpha value is -2.93. The van der Waals surface area contributed by atoms with Crippen LogP contribution in [0.4, 0.5) is 11.4 Å². The molecule has 2 N–H and O–H groups in total. The molecule has 0 saturated carbocycles. The molecule has 0 spiro atoms. The van der Waals surface area contributed by atoms with Gasteiger partial charge in [-0.25, -0.2) is 0 Å². The highest BCUT2D eigenvalue weighted by atomic mass is 16.6. The molecule has 0 aliphatic rings. The molecule has 7 heteroatoms. The van der Waals surface area contributed by atoms with E-state index in [0.29, 0.717) is 5.69 Å². The van der Waals surface area contributed by atoms with Gasteiger partial charge in [0.1, 0.15) is 5.75 Å². The van der Waals surface area contributed by atoms with E-state index >= 15 is 0 Å². The largest absolute Gasteiger partial charge is 0.496 e. The summed E-state index contributed by atoms with van der Waals surface area (Å²) < 4.78 is 5.39. The van der Waals surface area contributed by atoms with Crippen LogP contribution in [0.25, 0.3) is 0 Å². The number of non-ortho nitro benzene ring substituents is 1. The summed E-state index contributed by atoms with van der Waals surface area (Å²) in [6.07, 6.45) is 0. The Bertz CT molecular complexity index is 807. The lowest BCUT2D eigenvalue weighted by atomic mass is 10.0. The molecule has 0 aromatic heterocycles. The van der Waals surface area contributed by atoms with Crippen LogP contribution in [0.15, 0.2) is 42.5 Å². The van der Waals surface area contributed by atoms with Crippen molar-refractivity contribution in [3.05, 3.63) is 63.7 Å². The summed E-state index contributed by atoms with van der Waals surface area (Å²) in [4.78, 5) is 22.7. The minimum Gasteiger partial charge on any atom is -0.496 e. The molecule has 0 saturated heterocycles. The van der Waals surface area contributed by atoms with E-state index in [1.165, 1.54) is 18.2 Å². The van der Waals surface area contributed by atoms with Crippen LogP contribution in [0, 0.1) is 17.0 Å². The molecule has 0 aliphatic carbocycles. The summed E-state index contributed by atoms with van der Waals surface area (Å²) in [6, 6.07) is 11.1. The van der Waals surface area contributed by atoms with E-state index in [-0.39, 0.29) is 17.6 Å². The molecule has 0 unspecified atom stereocenters. The fraction of sp³-hybridized carbons (Fsp3) is 0.316. The number of carbonyl (C=O) groups excluding carboxylic acids is 1. The molecule has 0 radical (unpaired) electrons. The maximum Gasteiger partial charge on any atom is 0.271 e. The number of ether oxygens (including phenoxy) is 1. The second kappa shape index (κ2) is 8.44.